The normalized spacial score (nSPS) is 16.5. The predicted molar refractivity (Wildman–Crippen MR) is 90.3 cm³/mol. The predicted octanol–water partition coefficient (Wildman–Crippen LogP) is 4.04. The van der Waals surface area contributed by atoms with E-state index in [1.807, 2.05) is 0 Å². The number of imidazole rings is 1. The summed E-state index contributed by atoms with van der Waals surface area (Å²) in [4.78, 5) is 8.47. The molecule has 0 amide bonds. The van der Waals surface area contributed by atoms with Gasteiger partial charge in [0.25, 0.3) is 0 Å². The van der Waals surface area contributed by atoms with Crippen LogP contribution in [0, 0.1) is 6.92 Å². The topological polar surface area (TPSA) is 50.4 Å². The van der Waals surface area contributed by atoms with Crippen LogP contribution in [0.2, 0.25) is 0 Å². The van der Waals surface area contributed by atoms with Gasteiger partial charge in [0.05, 0.1) is 17.0 Å². The molecule has 132 valence electrons. The Kier molecular flexibility index (Phi) is 3.69. The summed E-state index contributed by atoms with van der Waals surface area (Å²) in [5, 5.41) is 10.5. The van der Waals surface area contributed by atoms with Crippen LogP contribution in [0.3, 0.4) is 0 Å². The number of aliphatic imine (C=N–C) groups is 1. The van der Waals surface area contributed by atoms with E-state index in [1.165, 1.54) is 6.07 Å². The van der Waals surface area contributed by atoms with Crippen molar-refractivity contribution in [3.63, 3.8) is 0 Å². The second-order valence-electron chi connectivity index (χ2n) is 6.04. The molecule has 7 heteroatoms. The van der Waals surface area contributed by atoms with Gasteiger partial charge in [-0.3, -0.25) is 4.57 Å². The molecule has 26 heavy (non-hydrogen) atoms. The monoisotopic (exact) mass is 357 g/mol. The molecule has 0 aliphatic carbocycles. The standard InChI is InChI=1S/C19H14F3N3O/c1-11-10-23-17-18(26)24-16(12-5-3-2-4-6-12)14-9-13(19(20,21)22)7-8-15(14)25(11)17/h2-10,18,26H,1H3. The highest BCUT2D eigenvalue weighted by Crippen LogP contribution is 2.35. The maximum Gasteiger partial charge on any atom is 0.416 e. The molecule has 0 saturated carbocycles. The third kappa shape index (κ3) is 2.61. The van der Waals surface area contributed by atoms with Crippen LogP contribution in [-0.4, -0.2) is 20.4 Å². The lowest BCUT2D eigenvalue weighted by Gasteiger charge is -2.16. The Labute approximate surface area is 147 Å². The number of rotatable bonds is 1. The van der Waals surface area contributed by atoms with Gasteiger partial charge >= 0.3 is 6.18 Å². The highest BCUT2D eigenvalue weighted by Gasteiger charge is 2.33. The van der Waals surface area contributed by atoms with Crippen molar-refractivity contribution in [3.05, 3.63) is 82.9 Å². The summed E-state index contributed by atoms with van der Waals surface area (Å²) in [6.45, 7) is 1.78. The highest BCUT2D eigenvalue weighted by atomic mass is 19.4. The fourth-order valence-electron chi connectivity index (χ4n) is 3.12. The number of aliphatic hydroxyl groups is 1. The van der Waals surface area contributed by atoms with Gasteiger partial charge in [0.1, 0.15) is 0 Å². The second-order valence-corrected chi connectivity index (χ2v) is 6.04. The van der Waals surface area contributed by atoms with Gasteiger partial charge in [-0.1, -0.05) is 30.3 Å². The van der Waals surface area contributed by atoms with E-state index in [4.69, 9.17) is 0 Å². The van der Waals surface area contributed by atoms with Crippen molar-refractivity contribution < 1.29 is 18.3 Å². The SMILES string of the molecule is Cc1cnc2n1-c1ccc(C(F)(F)F)cc1C(c1ccccc1)=NC2O. The summed E-state index contributed by atoms with van der Waals surface area (Å²) in [6.07, 6.45) is -4.20. The summed E-state index contributed by atoms with van der Waals surface area (Å²) in [5.41, 5.74) is 1.65. The zero-order valence-electron chi connectivity index (χ0n) is 13.7. The quantitative estimate of drug-likeness (QED) is 0.715. The van der Waals surface area contributed by atoms with Gasteiger partial charge in [-0.05, 0) is 25.1 Å². The smallest absolute Gasteiger partial charge is 0.365 e. The lowest BCUT2D eigenvalue weighted by Crippen LogP contribution is -2.12. The number of alkyl halides is 3. The molecule has 0 spiro atoms. The van der Waals surface area contributed by atoms with Crippen molar-refractivity contribution in [2.75, 3.05) is 0 Å². The average Bonchev–Trinajstić information content (AvgIpc) is 2.94. The van der Waals surface area contributed by atoms with Gasteiger partial charge in [-0.15, -0.1) is 0 Å². The number of fused-ring (bicyclic) bond motifs is 3. The third-order valence-corrected chi connectivity index (χ3v) is 4.31. The summed E-state index contributed by atoms with van der Waals surface area (Å²) in [7, 11) is 0. The number of aromatic nitrogens is 2. The molecule has 0 saturated heterocycles. The zero-order chi connectivity index (χ0) is 18.5. The third-order valence-electron chi connectivity index (χ3n) is 4.31. The summed E-state index contributed by atoms with van der Waals surface area (Å²) >= 11 is 0. The van der Waals surface area contributed by atoms with Gasteiger partial charge in [0.2, 0.25) is 6.23 Å². The summed E-state index contributed by atoms with van der Waals surface area (Å²) in [5.74, 6) is 0.273. The Morgan fingerprint density at radius 2 is 1.81 bits per heavy atom. The van der Waals surface area contributed by atoms with Crippen molar-refractivity contribution in [3.8, 4) is 5.69 Å². The van der Waals surface area contributed by atoms with Crippen LogP contribution in [0.5, 0.6) is 0 Å². The molecule has 2 heterocycles. The van der Waals surface area contributed by atoms with E-state index in [9.17, 15) is 18.3 Å². The zero-order valence-corrected chi connectivity index (χ0v) is 13.7. The highest BCUT2D eigenvalue weighted by molar-refractivity contribution is 6.15. The van der Waals surface area contributed by atoms with E-state index < -0.39 is 18.0 Å². The minimum atomic E-state index is -4.48. The van der Waals surface area contributed by atoms with Crippen LogP contribution in [0.4, 0.5) is 13.2 Å². The number of nitrogens with zero attached hydrogens (tertiary/aromatic N) is 3. The lowest BCUT2D eigenvalue weighted by atomic mass is 9.98. The van der Waals surface area contributed by atoms with E-state index in [-0.39, 0.29) is 5.82 Å². The number of benzene rings is 2. The Morgan fingerprint density at radius 1 is 1.08 bits per heavy atom. The van der Waals surface area contributed by atoms with Crippen molar-refractivity contribution in [2.24, 2.45) is 4.99 Å². The molecule has 1 aliphatic heterocycles. The van der Waals surface area contributed by atoms with E-state index in [1.54, 1.807) is 48.0 Å². The summed E-state index contributed by atoms with van der Waals surface area (Å²) < 4.78 is 41.5. The molecule has 0 fully saturated rings. The van der Waals surface area contributed by atoms with Crippen LogP contribution < -0.4 is 0 Å². The molecular weight excluding hydrogens is 343 g/mol. The second kappa shape index (κ2) is 5.81. The van der Waals surface area contributed by atoms with E-state index >= 15 is 0 Å². The molecule has 1 aromatic heterocycles. The lowest BCUT2D eigenvalue weighted by molar-refractivity contribution is -0.137. The maximum absolute atomic E-state index is 13.3. The molecular formula is C19H14F3N3O. The molecule has 1 aliphatic rings. The molecule has 4 rings (SSSR count). The van der Waals surface area contributed by atoms with Gasteiger partial charge in [0, 0.05) is 23.0 Å². The summed E-state index contributed by atoms with van der Waals surface area (Å²) in [6, 6.07) is 12.3. The Bertz CT molecular complexity index is 1010. The van der Waals surface area contributed by atoms with Crippen LogP contribution in [-0.2, 0) is 6.18 Å². The molecule has 2 aromatic carbocycles. The largest absolute Gasteiger partial charge is 0.416 e. The molecule has 0 radical (unpaired) electrons. The van der Waals surface area contributed by atoms with Gasteiger partial charge < -0.3 is 5.11 Å². The number of halogens is 3. The van der Waals surface area contributed by atoms with Crippen LogP contribution >= 0.6 is 0 Å². The number of aryl methyl sites for hydroxylation is 1. The van der Waals surface area contributed by atoms with Crippen molar-refractivity contribution >= 4 is 5.71 Å². The minimum Gasteiger partial charge on any atom is -0.365 e. The molecule has 4 nitrogen and oxygen atoms in total. The van der Waals surface area contributed by atoms with Crippen LogP contribution in [0.1, 0.15) is 34.4 Å². The first-order valence-electron chi connectivity index (χ1n) is 7.94. The molecule has 1 atom stereocenters. The number of hydrogen-bond donors (Lipinski definition) is 1. The molecule has 0 bridgehead atoms. The van der Waals surface area contributed by atoms with E-state index in [0.717, 1.165) is 12.1 Å². The van der Waals surface area contributed by atoms with Gasteiger partial charge in [-0.25, -0.2) is 9.98 Å². The van der Waals surface area contributed by atoms with Crippen molar-refractivity contribution in [2.45, 2.75) is 19.3 Å². The Hall–Kier alpha value is -2.93. The van der Waals surface area contributed by atoms with Gasteiger partial charge in [-0.2, -0.15) is 13.2 Å². The maximum atomic E-state index is 13.3. The first kappa shape index (κ1) is 16.5. The molecule has 1 N–H and O–H groups in total. The first-order chi connectivity index (χ1) is 12.4. The number of hydrogen-bond acceptors (Lipinski definition) is 3. The van der Waals surface area contributed by atoms with Crippen molar-refractivity contribution in [1.82, 2.24) is 9.55 Å². The fourth-order valence-corrected chi connectivity index (χ4v) is 3.12. The molecule has 1 unspecified atom stereocenters. The van der Waals surface area contributed by atoms with Crippen LogP contribution in [0.15, 0.2) is 59.7 Å². The first-order valence-corrected chi connectivity index (χ1v) is 7.94. The fraction of sp³-hybridized carbons (Fsp3) is 0.158. The average molecular weight is 357 g/mol. The van der Waals surface area contributed by atoms with Gasteiger partial charge in [0.15, 0.2) is 5.82 Å². The number of aliphatic hydroxyl groups excluding tert-OH is 1. The minimum absolute atomic E-state index is 0.273. The van der Waals surface area contributed by atoms with Crippen molar-refractivity contribution in [1.29, 1.82) is 0 Å². The molecule has 3 aromatic rings. The Morgan fingerprint density at radius 3 is 2.50 bits per heavy atom. The van der Waals surface area contributed by atoms with Crippen LogP contribution in [0.25, 0.3) is 5.69 Å². The Balaban J connectivity index is 2.05. The van der Waals surface area contributed by atoms with E-state index in [0.29, 0.717) is 28.2 Å². The van der Waals surface area contributed by atoms with E-state index in [2.05, 4.69) is 9.98 Å².